The molecule has 2 nitrogen and oxygen atoms in total. The van der Waals surface area contributed by atoms with E-state index >= 15 is 0 Å². The average molecular weight is 594 g/mol. The van der Waals surface area contributed by atoms with Crippen LogP contribution in [0.5, 0.6) is 11.5 Å². The Bertz CT molecular complexity index is 1350. The summed E-state index contributed by atoms with van der Waals surface area (Å²) in [4.78, 5) is 0. The predicted octanol–water partition coefficient (Wildman–Crippen LogP) is 10.1. The molecule has 0 amide bonds. The van der Waals surface area contributed by atoms with Crippen molar-refractivity contribution in [2.75, 3.05) is 0 Å². The van der Waals surface area contributed by atoms with Crippen LogP contribution in [0.1, 0.15) is 62.5 Å². The molecule has 1 fully saturated rings. The minimum Gasteiger partial charge on any atom is -0.429 e. The largest absolute Gasteiger partial charge is 0.573 e. The maximum atomic E-state index is 14.9. The van der Waals surface area contributed by atoms with Crippen LogP contribution in [0.3, 0.4) is 0 Å². The Morgan fingerprint density at radius 1 is 0.707 bits per heavy atom. The molecule has 0 atom stereocenters. The van der Waals surface area contributed by atoms with Crippen molar-refractivity contribution >= 4 is 0 Å². The van der Waals surface area contributed by atoms with Gasteiger partial charge in [0.15, 0.2) is 11.6 Å². The highest BCUT2D eigenvalue weighted by Crippen LogP contribution is 2.42. The van der Waals surface area contributed by atoms with Gasteiger partial charge in [0, 0.05) is 11.6 Å². The summed E-state index contributed by atoms with van der Waals surface area (Å²) in [6.45, 7) is 2.07. The van der Waals surface area contributed by atoms with Gasteiger partial charge in [-0.2, -0.15) is 8.78 Å². The van der Waals surface area contributed by atoms with Gasteiger partial charge in [-0.1, -0.05) is 19.8 Å². The van der Waals surface area contributed by atoms with E-state index in [2.05, 4.69) is 16.4 Å². The third kappa shape index (κ3) is 7.08. The van der Waals surface area contributed by atoms with Crippen molar-refractivity contribution in [3.63, 3.8) is 0 Å². The molecular weight excluding hydrogens is 570 g/mol. The molecule has 0 aromatic heterocycles. The second-order valence-corrected chi connectivity index (χ2v) is 9.94. The maximum Gasteiger partial charge on any atom is 0.573 e. The third-order valence-corrected chi connectivity index (χ3v) is 7.08. The van der Waals surface area contributed by atoms with E-state index in [1.165, 1.54) is 0 Å². The number of ether oxygens (including phenoxy) is 2. The van der Waals surface area contributed by atoms with Gasteiger partial charge in [0.2, 0.25) is 5.75 Å². The molecule has 0 unspecified atom stereocenters. The van der Waals surface area contributed by atoms with Crippen molar-refractivity contribution < 1.29 is 53.4 Å². The summed E-state index contributed by atoms with van der Waals surface area (Å²) in [5.74, 6) is -10.3. The van der Waals surface area contributed by atoms with Gasteiger partial charge in [0.1, 0.15) is 28.8 Å². The molecule has 3 aromatic carbocycles. The Labute approximate surface area is 228 Å². The Hall–Kier alpha value is -3.44. The summed E-state index contributed by atoms with van der Waals surface area (Å²) >= 11 is 0. The van der Waals surface area contributed by atoms with Gasteiger partial charge >= 0.3 is 12.5 Å². The lowest BCUT2D eigenvalue weighted by Gasteiger charge is -2.29. The molecule has 4 rings (SSSR count). The topological polar surface area (TPSA) is 18.5 Å². The second kappa shape index (κ2) is 11.8. The number of halogens is 10. The summed E-state index contributed by atoms with van der Waals surface area (Å²) in [5, 5.41) is 0. The SMILES string of the molecule is CCCC1CCC(c2cc(F)c(C(F)(F)Oc3ccc(-c4cc(F)c(OC(F)(F)F)c(F)c4)c(F)c3)c(F)c2)CC1. The number of hydrogen-bond donors (Lipinski definition) is 0. The van der Waals surface area contributed by atoms with Crippen molar-refractivity contribution in [2.45, 2.75) is 63.8 Å². The molecule has 0 bridgehead atoms. The number of benzene rings is 3. The fourth-order valence-electron chi connectivity index (χ4n) is 5.22. The van der Waals surface area contributed by atoms with Crippen LogP contribution >= 0.6 is 0 Å². The molecule has 0 N–H and O–H groups in total. The van der Waals surface area contributed by atoms with Gasteiger partial charge in [0.05, 0.1) is 0 Å². The highest BCUT2D eigenvalue weighted by atomic mass is 19.4. The molecule has 12 heteroatoms. The highest BCUT2D eigenvalue weighted by molar-refractivity contribution is 5.66. The van der Waals surface area contributed by atoms with Crippen LogP contribution < -0.4 is 9.47 Å². The monoisotopic (exact) mass is 594 g/mol. The Morgan fingerprint density at radius 2 is 1.29 bits per heavy atom. The van der Waals surface area contributed by atoms with Gasteiger partial charge in [-0.05, 0) is 85.0 Å². The first-order valence-corrected chi connectivity index (χ1v) is 12.8. The Balaban J connectivity index is 1.53. The van der Waals surface area contributed by atoms with Crippen LogP contribution in [0, 0.1) is 35.0 Å². The third-order valence-electron chi connectivity index (χ3n) is 7.08. The van der Waals surface area contributed by atoms with E-state index in [0.717, 1.165) is 49.9 Å². The van der Waals surface area contributed by atoms with E-state index in [4.69, 9.17) is 0 Å². The summed E-state index contributed by atoms with van der Waals surface area (Å²) in [6, 6.07) is 4.25. The fourth-order valence-corrected chi connectivity index (χ4v) is 5.22. The van der Waals surface area contributed by atoms with Crippen LogP contribution in [-0.2, 0) is 6.11 Å². The molecule has 0 spiro atoms. The number of hydrogen-bond acceptors (Lipinski definition) is 2. The van der Waals surface area contributed by atoms with Crippen LogP contribution in [0.25, 0.3) is 11.1 Å². The molecule has 41 heavy (non-hydrogen) atoms. The summed E-state index contributed by atoms with van der Waals surface area (Å²) in [6.07, 6.45) is -4.80. The molecule has 0 saturated heterocycles. The van der Waals surface area contributed by atoms with Crippen LogP contribution in [0.4, 0.5) is 43.9 Å². The summed E-state index contributed by atoms with van der Waals surface area (Å²) in [7, 11) is 0. The van der Waals surface area contributed by atoms with Gasteiger partial charge in [0.25, 0.3) is 0 Å². The van der Waals surface area contributed by atoms with Gasteiger partial charge in [-0.3, -0.25) is 0 Å². The molecule has 0 radical (unpaired) electrons. The quantitative estimate of drug-likeness (QED) is 0.242. The Kier molecular flexibility index (Phi) is 8.79. The standard InChI is InChI=1S/C29H24F10O2/c1-2-3-15-4-6-16(7-5-15)17-10-22(31)26(23(32)11-17)28(35,36)40-19-8-9-20(21(30)14-19)18-12-24(33)27(25(34)13-18)41-29(37,38)39/h8-16H,2-7H2,1H3. The van der Waals surface area contributed by atoms with E-state index in [1.54, 1.807) is 0 Å². The van der Waals surface area contributed by atoms with Crippen LogP contribution in [0.2, 0.25) is 0 Å². The first kappa shape index (κ1) is 30.5. The zero-order valence-electron chi connectivity index (χ0n) is 21.5. The average Bonchev–Trinajstić information content (AvgIpc) is 2.85. The minimum absolute atomic E-state index is 0.180. The molecule has 0 heterocycles. The van der Waals surface area contributed by atoms with Crippen molar-refractivity contribution in [1.82, 2.24) is 0 Å². The highest BCUT2D eigenvalue weighted by Gasteiger charge is 2.42. The van der Waals surface area contributed by atoms with Crippen molar-refractivity contribution in [1.29, 1.82) is 0 Å². The first-order chi connectivity index (χ1) is 19.2. The van der Waals surface area contributed by atoms with E-state index in [-0.39, 0.29) is 11.5 Å². The number of alkyl halides is 5. The summed E-state index contributed by atoms with van der Waals surface area (Å²) < 4.78 is 147. The van der Waals surface area contributed by atoms with Gasteiger partial charge in [-0.15, -0.1) is 13.2 Å². The van der Waals surface area contributed by atoms with E-state index in [1.807, 2.05) is 0 Å². The molecule has 222 valence electrons. The van der Waals surface area contributed by atoms with Gasteiger partial charge < -0.3 is 9.47 Å². The van der Waals surface area contributed by atoms with Crippen LogP contribution in [-0.4, -0.2) is 6.36 Å². The summed E-state index contributed by atoms with van der Waals surface area (Å²) in [5.41, 5.74) is -2.58. The zero-order chi connectivity index (χ0) is 30.1. The van der Waals surface area contributed by atoms with E-state index in [9.17, 15) is 43.9 Å². The van der Waals surface area contributed by atoms with Crippen molar-refractivity contribution in [3.05, 3.63) is 82.7 Å². The maximum absolute atomic E-state index is 14.9. The molecule has 3 aromatic rings. The van der Waals surface area contributed by atoms with E-state index < -0.39 is 69.7 Å². The first-order valence-electron chi connectivity index (χ1n) is 12.8. The normalized spacial score (nSPS) is 17.9. The molecule has 1 aliphatic carbocycles. The fraction of sp³-hybridized carbons (Fsp3) is 0.379. The lowest BCUT2D eigenvalue weighted by Crippen LogP contribution is -2.26. The van der Waals surface area contributed by atoms with Crippen molar-refractivity contribution in [2.24, 2.45) is 5.92 Å². The minimum atomic E-state index is -5.40. The lowest BCUT2D eigenvalue weighted by molar-refractivity contribution is -0.276. The van der Waals surface area contributed by atoms with Crippen LogP contribution in [0.15, 0.2) is 42.5 Å². The smallest absolute Gasteiger partial charge is 0.429 e. The van der Waals surface area contributed by atoms with E-state index in [0.29, 0.717) is 37.0 Å². The molecule has 1 saturated carbocycles. The molecular formula is C29H24F10O2. The zero-order valence-corrected chi connectivity index (χ0v) is 21.5. The van der Waals surface area contributed by atoms with Gasteiger partial charge in [-0.25, -0.2) is 22.0 Å². The van der Waals surface area contributed by atoms with Crippen molar-refractivity contribution in [3.8, 4) is 22.6 Å². The lowest BCUT2D eigenvalue weighted by atomic mass is 9.77. The molecule has 0 aliphatic heterocycles. The second-order valence-electron chi connectivity index (χ2n) is 9.94. The Morgan fingerprint density at radius 3 is 1.80 bits per heavy atom. The predicted molar refractivity (Wildman–Crippen MR) is 129 cm³/mol. The number of rotatable bonds is 8. The molecule has 1 aliphatic rings.